The lowest BCUT2D eigenvalue weighted by molar-refractivity contribution is 0.661. The Hall–Kier alpha value is -5.96. The van der Waals surface area contributed by atoms with Gasteiger partial charge in [-0.3, -0.25) is 0 Å². The number of hydrogen-bond donors (Lipinski definition) is 0. The third-order valence-corrected chi connectivity index (χ3v) is 12.0. The molecule has 1 aliphatic carbocycles. The van der Waals surface area contributed by atoms with Crippen molar-refractivity contribution in [2.24, 2.45) is 0 Å². The van der Waals surface area contributed by atoms with Crippen molar-refractivity contribution in [3.63, 3.8) is 0 Å². The lowest BCUT2D eigenvalue weighted by Gasteiger charge is -2.33. The summed E-state index contributed by atoms with van der Waals surface area (Å²) in [7, 11) is 0. The highest BCUT2D eigenvalue weighted by molar-refractivity contribution is 7.25. The van der Waals surface area contributed by atoms with Crippen LogP contribution in [-0.2, 0) is 5.41 Å². The molecule has 2 heteroatoms. The second kappa shape index (κ2) is 11.6. The minimum absolute atomic E-state index is 0.220. The van der Waals surface area contributed by atoms with Crippen LogP contribution in [0, 0.1) is 0 Å². The molecule has 1 aromatic heterocycles. The maximum absolute atomic E-state index is 2.53. The van der Waals surface area contributed by atoms with Crippen molar-refractivity contribution in [1.29, 1.82) is 0 Å². The van der Waals surface area contributed by atoms with Crippen molar-refractivity contribution in [2.45, 2.75) is 19.3 Å². The SMILES string of the molecule is CC1(C)c2cc3ccccc3cc2-c2cccc(N(c3ccc4c(c3)sc3ccccc34)c3ccccc3-c3ccccc3-c3ccccc3)c21. The van der Waals surface area contributed by atoms with E-state index in [1.165, 1.54) is 81.1 Å². The van der Waals surface area contributed by atoms with E-state index in [1.807, 2.05) is 11.3 Å². The Morgan fingerprint density at radius 3 is 1.90 bits per heavy atom. The van der Waals surface area contributed by atoms with Gasteiger partial charge in [-0.1, -0.05) is 147 Å². The normalized spacial score (nSPS) is 13.1. The number of para-hydroxylation sites is 1. The van der Waals surface area contributed by atoms with Crippen LogP contribution in [0.25, 0.3) is 64.3 Å². The lowest BCUT2D eigenvalue weighted by Crippen LogP contribution is -2.21. The van der Waals surface area contributed by atoms with Gasteiger partial charge in [-0.25, -0.2) is 0 Å². The van der Waals surface area contributed by atoms with Crippen LogP contribution in [0.1, 0.15) is 25.0 Å². The van der Waals surface area contributed by atoms with Crippen molar-refractivity contribution in [3.8, 4) is 33.4 Å². The van der Waals surface area contributed by atoms with E-state index in [-0.39, 0.29) is 5.41 Å². The summed E-state index contributed by atoms with van der Waals surface area (Å²) in [5.41, 5.74) is 13.5. The van der Waals surface area contributed by atoms with Crippen LogP contribution in [0.3, 0.4) is 0 Å². The maximum atomic E-state index is 2.53. The molecular weight excluding hydrogens is 635 g/mol. The first kappa shape index (κ1) is 29.9. The van der Waals surface area contributed by atoms with Crippen LogP contribution < -0.4 is 4.90 Å². The van der Waals surface area contributed by atoms with Gasteiger partial charge in [0.05, 0.1) is 11.4 Å². The first-order chi connectivity index (χ1) is 25.1. The molecule has 0 spiro atoms. The number of fused-ring (bicyclic) bond motifs is 7. The van der Waals surface area contributed by atoms with E-state index in [9.17, 15) is 0 Å². The summed E-state index contributed by atoms with van der Waals surface area (Å²) in [6.07, 6.45) is 0. The fourth-order valence-corrected chi connectivity index (χ4v) is 9.61. The number of nitrogens with zero attached hydrogens (tertiary/aromatic N) is 1. The second-order valence-corrected chi connectivity index (χ2v) is 15.2. The van der Waals surface area contributed by atoms with E-state index in [1.54, 1.807) is 0 Å². The second-order valence-electron chi connectivity index (χ2n) is 14.1. The number of rotatable bonds is 5. The van der Waals surface area contributed by atoms with Gasteiger partial charge in [0.1, 0.15) is 0 Å². The largest absolute Gasteiger partial charge is 0.309 e. The summed E-state index contributed by atoms with van der Waals surface area (Å²) in [6, 6.07) is 64.9. The summed E-state index contributed by atoms with van der Waals surface area (Å²) in [4.78, 5) is 2.53. The molecule has 0 N–H and O–H groups in total. The van der Waals surface area contributed by atoms with Crippen LogP contribution in [0.4, 0.5) is 17.1 Å². The molecule has 1 heterocycles. The highest BCUT2D eigenvalue weighted by Gasteiger charge is 2.39. The van der Waals surface area contributed by atoms with Gasteiger partial charge in [0.15, 0.2) is 0 Å². The summed E-state index contributed by atoms with van der Waals surface area (Å²) in [5, 5.41) is 5.19. The molecule has 0 atom stereocenters. The predicted octanol–water partition coefficient (Wildman–Crippen LogP) is 14.3. The molecule has 1 nitrogen and oxygen atoms in total. The topological polar surface area (TPSA) is 3.24 Å². The lowest BCUT2D eigenvalue weighted by atomic mass is 9.80. The summed E-state index contributed by atoms with van der Waals surface area (Å²) < 4.78 is 2.61. The standard InChI is InChI=1S/C49H35NS/c1-49(2)43-30-34-18-7-6-17-33(34)29-42(43)41-23-14-25-45(48(41)49)50(35-27-28-40-39-22-11-13-26-46(39)51-47(40)31-35)44-24-12-10-21-38(44)37-20-9-8-19-36(37)32-15-4-3-5-16-32/h3-31H,1-2H3. The highest BCUT2D eigenvalue weighted by atomic mass is 32.1. The van der Waals surface area contributed by atoms with Crippen LogP contribution in [0.15, 0.2) is 176 Å². The fourth-order valence-electron chi connectivity index (χ4n) is 8.47. The Labute approximate surface area is 302 Å². The van der Waals surface area contributed by atoms with E-state index < -0.39 is 0 Å². The van der Waals surface area contributed by atoms with Gasteiger partial charge in [-0.15, -0.1) is 11.3 Å². The summed E-state index contributed by atoms with van der Waals surface area (Å²) >= 11 is 1.87. The number of anilines is 3. The number of benzene rings is 8. The Balaban J connectivity index is 1.26. The van der Waals surface area contributed by atoms with Gasteiger partial charge in [-0.05, 0) is 92.2 Å². The monoisotopic (exact) mass is 669 g/mol. The Kier molecular flexibility index (Phi) is 6.78. The highest BCUT2D eigenvalue weighted by Crippen LogP contribution is 2.56. The first-order valence-electron chi connectivity index (χ1n) is 17.7. The van der Waals surface area contributed by atoms with Crippen molar-refractivity contribution < 1.29 is 0 Å². The quantitative estimate of drug-likeness (QED) is 0.176. The molecule has 0 aliphatic heterocycles. The van der Waals surface area contributed by atoms with E-state index in [4.69, 9.17) is 0 Å². The number of thiophene rings is 1. The van der Waals surface area contributed by atoms with Gasteiger partial charge in [0, 0.05) is 36.8 Å². The average molecular weight is 670 g/mol. The summed E-state index contributed by atoms with van der Waals surface area (Å²) in [6.45, 7) is 4.81. The van der Waals surface area contributed by atoms with Gasteiger partial charge >= 0.3 is 0 Å². The average Bonchev–Trinajstić information content (AvgIpc) is 3.66. The summed E-state index contributed by atoms with van der Waals surface area (Å²) in [5.74, 6) is 0. The molecule has 8 aromatic carbocycles. The molecule has 51 heavy (non-hydrogen) atoms. The first-order valence-corrected chi connectivity index (χ1v) is 18.5. The Morgan fingerprint density at radius 2 is 1.06 bits per heavy atom. The minimum Gasteiger partial charge on any atom is -0.309 e. The third kappa shape index (κ3) is 4.67. The van der Waals surface area contributed by atoms with E-state index in [0.29, 0.717) is 0 Å². The van der Waals surface area contributed by atoms with Crippen LogP contribution in [0.2, 0.25) is 0 Å². The minimum atomic E-state index is -0.220. The molecule has 0 saturated heterocycles. The van der Waals surface area contributed by atoms with Crippen molar-refractivity contribution in [1.82, 2.24) is 0 Å². The fraction of sp³-hybridized carbons (Fsp3) is 0.0612. The van der Waals surface area contributed by atoms with Crippen molar-refractivity contribution >= 4 is 59.3 Å². The number of hydrogen-bond acceptors (Lipinski definition) is 2. The molecule has 0 fully saturated rings. The molecular formula is C49H35NS. The molecule has 0 unspecified atom stereocenters. The van der Waals surface area contributed by atoms with Crippen molar-refractivity contribution in [3.05, 3.63) is 187 Å². The van der Waals surface area contributed by atoms with Crippen molar-refractivity contribution in [2.75, 3.05) is 4.90 Å². The maximum Gasteiger partial charge on any atom is 0.0540 e. The van der Waals surface area contributed by atoms with Gasteiger partial charge in [0.25, 0.3) is 0 Å². The van der Waals surface area contributed by atoms with Crippen LogP contribution in [-0.4, -0.2) is 0 Å². The van der Waals surface area contributed by atoms with E-state index in [0.717, 1.165) is 11.4 Å². The van der Waals surface area contributed by atoms with E-state index in [2.05, 4.69) is 195 Å². The van der Waals surface area contributed by atoms with Gasteiger partial charge < -0.3 is 4.90 Å². The molecule has 0 saturated carbocycles. The predicted molar refractivity (Wildman–Crippen MR) is 220 cm³/mol. The molecule has 0 amide bonds. The molecule has 0 bridgehead atoms. The van der Waals surface area contributed by atoms with Crippen LogP contribution >= 0.6 is 11.3 Å². The molecule has 242 valence electrons. The van der Waals surface area contributed by atoms with Gasteiger partial charge in [0.2, 0.25) is 0 Å². The molecule has 9 aromatic rings. The third-order valence-electron chi connectivity index (χ3n) is 10.8. The molecule has 1 aliphatic rings. The molecule has 0 radical (unpaired) electrons. The smallest absolute Gasteiger partial charge is 0.0540 e. The zero-order chi connectivity index (χ0) is 34.1. The van der Waals surface area contributed by atoms with Crippen LogP contribution in [0.5, 0.6) is 0 Å². The van der Waals surface area contributed by atoms with Gasteiger partial charge in [-0.2, -0.15) is 0 Å². The molecule has 10 rings (SSSR count). The Bertz CT molecular complexity index is 2790. The zero-order valence-corrected chi connectivity index (χ0v) is 29.4. The zero-order valence-electron chi connectivity index (χ0n) is 28.6. The Morgan fingerprint density at radius 1 is 0.431 bits per heavy atom. The van der Waals surface area contributed by atoms with E-state index >= 15 is 0 Å².